The number of nitrogen functional groups attached to an aromatic ring is 1. The highest BCUT2D eigenvalue weighted by Crippen LogP contribution is 2.15. The Hall–Kier alpha value is -2.64. The minimum atomic E-state index is -0.561. The standard InChI is InChI=1S/C14H20N6O2/c1-14(2,3)12(21)22-9-20-18-13(17-19-20)16-8-10-5-4-6-11(15)7-10/h4-7H,8-9,15H2,1-3H3,(H,16,18). The Kier molecular flexibility index (Phi) is 4.59. The van der Waals surface area contributed by atoms with Gasteiger partial charge in [0.05, 0.1) is 5.41 Å². The molecule has 0 fully saturated rings. The molecule has 0 aliphatic heterocycles. The van der Waals surface area contributed by atoms with E-state index >= 15 is 0 Å². The van der Waals surface area contributed by atoms with Crippen molar-refractivity contribution in [3.05, 3.63) is 29.8 Å². The van der Waals surface area contributed by atoms with E-state index in [0.29, 0.717) is 18.2 Å². The van der Waals surface area contributed by atoms with Crippen LogP contribution in [0.3, 0.4) is 0 Å². The van der Waals surface area contributed by atoms with E-state index in [0.717, 1.165) is 5.56 Å². The highest BCUT2D eigenvalue weighted by molar-refractivity contribution is 5.75. The van der Waals surface area contributed by atoms with E-state index in [1.165, 1.54) is 4.80 Å². The number of carbonyl (C=O) groups is 1. The lowest BCUT2D eigenvalue weighted by molar-refractivity contribution is -0.157. The van der Waals surface area contributed by atoms with Crippen LogP contribution in [0.15, 0.2) is 24.3 Å². The second-order valence-electron chi connectivity index (χ2n) is 5.89. The van der Waals surface area contributed by atoms with Crippen LogP contribution >= 0.6 is 0 Å². The summed E-state index contributed by atoms with van der Waals surface area (Å²) in [7, 11) is 0. The van der Waals surface area contributed by atoms with Crippen LogP contribution in [0.1, 0.15) is 26.3 Å². The van der Waals surface area contributed by atoms with Gasteiger partial charge in [-0.15, -0.1) is 9.90 Å². The molecule has 8 nitrogen and oxygen atoms in total. The topological polar surface area (TPSA) is 108 Å². The minimum absolute atomic E-state index is 0.0664. The van der Waals surface area contributed by atoms with Gasteiger partial charge in [-0.3, -0.25) is 4.79 Å². The number of rotatable bonds is 5. The van der Waals surface area contributed by atoms with Crippen LogP contribution in [0.5, 0.6) is 0 Å². The summed E-state index contributed by atoms with van der Waals surface area (Å²) in [6, 6.07) is 7.51. The van der Waals surface area contributed by atoms with Crippen LogP contribution in [0.4, 0.5) is 11.6 Å². The first-order valence-corrected chi connectivity index (χ1v) is 6.88. The summed E-state index contributed by atoms with van der Waals surface area (Å²) < 4.78 is 5.10. The van der Waals surface area contributed by atoms with Crippen molar-refractivity contribution in [1.29, 1.82) is 0 Å². The van der Waals surface area contributed by atoms with Gasteiger partial charge in [-0.25, -0.2) is 0 Å². The summed E-state index contributed by atoms with van der Waals surface area (Å²) in [5, 5.41) is 14.8. The molecule has 0 saturated heterocycles. The lowest BCUT2D eigenvalue weighted by Crippen LogP contribution is -2.24. The van der Waals surface area contributed by atoms with Crippen LogP contribution < -0.4 is 11.1 Å². The predicted octanol–water partition coefficient (Wildman–Crippen LogP) is 1.41. The molecular formula is C14H20N6O2. The van der Waals surface area contributed by atoms with Crippen molar-refractivity contribution in [3.63, 3.8) is 0 Å². The molecule has 0 saturated carbocycles. The first-order valence-electron chi connectivity index (χ1n) is 6.88. The largest absolute Gasteiger partial charge is 0.440 e. The summed E-state index contributed by atoms with van der Waals surface area (Å²) in [5.74, 6) is 0.0355. The van der Waals surface area contributed by atoms with E-state index in [1.54, 1.807) is 20.8 Å². The van der Waals surface area contributed by atoms with E-state index in [-0.39, 0.29) is 12.7 Å². The Labute approximate surface area is 128 Å². The monoisotopic (exact) mass is 304 g/mol. The molecule has 0 unspecified atom stereocenters. The number of aromatic nitrogens is 4. The second kappa shape index (κ2) is 6.42. The number of benzene rings is 1. The zero-order valence-corrected chi connectivity index (χ0v) is 12.9. The molecule has 0 aliphatic rings. The molecule has 0 bridgehead atoms. The van der Waals surface area contributed by atoms with Crippen molar-refractivity contribution in [1.82, 2.24) is 20.2 Å². The first-order chi connectivity index (χ1) is 10.3. The summed E-state index contributed by atoms with van der Waals surface area (Å²) in [6.07, 6.45) is 0. The van der Waals surface area contributed by atoms with Crippen molar-refractivity contribution >= 4 is 17.6 Å². The highest BCUT2D eigenvalue weighted by atomic mass is 16.5. The molecule has 118 valence electrons. The molecule has 8 heteroatoms. The molecule has 0 radical (unpaired) electrons. The number of hydrogen-bond donors (Lipinski definition) is 2. The average molecular weight is 304 g/mol. The molecule has 0 spiro atoms. The fourth-order valence-electron chi connectivity index (χ4n) is 1.59. The van der Waals surface area contributed by atoms with Gasteiger partial charge in [-0.1, -0.05) is 17.2 Å². The maximum atomic E-state index is 11.6. The van der Waals surface area contributed by atoms with Crippen LogP contribution in [0, 0.1) is 5.41 Å². The third kappa shape index (κ3) is 4.44. The molecule has 0 atom stereocenters. The number of hydrogen-bond acceptors (Lipinski definition) is 7. The molecule has 3 N–H and O–H groups in total. The second-order valence-corrected chi connectivity index (χ2v) is 5.89. The lowest BCUT2D eigenvalue weighted by Gasteiger charge is -2.15. The van der Waals surface area contributed by atoms with Gasteiger partial charge >= 0.3 is 5.97 Å². The van der Waals surface area contributed by atoms with Crippen LogP contribution in [0.25, 0.3) is 0 Å². The predicted molar refractivity (Wildman–Crippen MR) is 81.5 cm³/mol. The van der Waals surface area contributed by atoms with Gasteiger partial charge in [0, 0.05) is 12.2 Å². The Morgan fingerprint density at radius 2 is 2.18 bits per heavy atom. The molecule has 1 aromatic heterocycles. The van der Waals surface area contributed by atoms with Crippen molar-refractivity contribution in [2.24, 2.45) is 5.41 Å². The maximum absolute atomic E-state index is 11.6. The van der Waals surface area contributed by atoms with Gasteiger partial charge in [0.1, 0.15) is 0 Å². The van der Waals surface area contributed by atoms with Crippen molar-refractivity contribution in [3.8, 4) is 0 Å². The van der Waals surface area contributed by atoms with Crippen LogP contribution in [-0.4, -0.2) is 26.2 Å². The van der Waals surface area contributed by atoms with Gasteiger partial charge in [0.25, 0.3) is 5.95 Å². The van der Waals surface area contributed by atoms with E-state index in [2.05, 4.69) is 20.7 Å². The smallest absolute Gasteiger partial charge is 0.313 e. The third-order valence-corrected chi connectivity index (χ3v) is 2.78. The average Bonchev–Trinajstić information content (AvgIpc) is 2.89. The molecular weight excluding hydrogens is 284 g/mol. The maximum Gasteiger partial charge on any atom is 0.313 e. The van der Waals surface area contributed by atoms with Gasteiger partial charge in [0.15, 0.2) is 0 Å². The van der Waals surface area contributed by atoms with Crippen LogP contribution in [0.2, 0.25) is 0 Å². The zero-order chi connectivity index (χ0) is 16.2. The normalized spacial score (nSPS) is 11.2. The zero-order valence-electron chi connectivity index (χ0n) is 12.9. The SMILES string of the molecule is CC(C)(C)C(=O)OCn1nnc(NCc2cccc(N)c2)n1. The Balaban J connectivity index is 1.85. The molecule has 22 heavy (non-hydrogen) atoms. The van der Waals surface area contributed by atoms with Gasteiger partial charge in [-0.05, 0) is 43.7 Å². The molecule has 0 aliphatic carbocycles. The van der Waals surface area contributed by atoms with Gasteiger partial charge < -0.3 is 15.8 Å². The number of tetrazole rings is 1. The van der Waals surface area contributed by atoms with Crippen molar-refractivity contribution in [2.45, 2.75) is 34.0 Å². The molecule has 2 rings (SSSR count). The summed E-state index contributed by atoms with van der Waals surface area (Å²) in [4.78, 5) is 12.9. The fraction of sp³-hybridized carbons (Fsp3) is 0.429. The van der Waals surface area contributed by atoms with Crippen molar-refractivity contribution < 1.29 is 9.53 Å². The number of carbonyl (C=O) groups excluding carboxylic acids is 1. The van der Waals surface area contributed by atoms with Crippen LogP contribution in [-0.2, 0) is 22.8 Å². The van der Waals surface area contributed by atoms with E-state index < -0.39 is 5.41 Å². The van der Waals surface area contributed by atoms with Gasteiger partial charge in [-0.2, -0.15) is 0 Å². The fourth-order valence-corrected chi connectivity index (χ4v) is 1.59. The molecule has 1 heterocycles. The Morgan fingerprint density at radius 3 is 2.86 bits per heavy atom. The van der Waals surface area contributed by atoms with E-state index in [9.17, 15) is 4.79 Å². The number of esters is 1. The van der Waals surface area contributed by atoms with E-state index in [4.69, 9.17) is 10.5 Å². The van der Waals surface area contributed by atoms with Crippen molar-refractivity contribution in [2.75, 3.05) is 11.1 Å². The first kappa shape index (κ1) is 15.7. The number of anilines is 2. The van der Waals surface area contributed by atoms with E-state index in [1.807, 2.05) is 24.3 Å². The quantitative estimate of drug-likeness (QED) is 0.635. The highest BCUT2D eigenvalue weighted by Gasteiger charge is 2.23. The number of nitrogens with two attached hydrogens (primary N) is 1. The Morgan fingerprint density at radius 1 is 1.41 bits per heavy atom. The summed E-state index contributed by atoms with van der Waals surface area (Å²) in [5.41, 5.74) is 6.86. The molecule has 0 amide bonds. The number of ether oxygens (including phenoxy) is 1. The van der Waals surface area contributed by atoms with Gasteiger partial charge in [0.2, 0.25) is 6.73 Å². The summed E-state index contributed by atoms with van der Waals surface area (Å²) in [6.45, 7) is 5.80. The molecule has 2 aromatic rings. The Bertz CT molecular complexity index is 647. The summed E-state index contributed by atoms with van der Waals surface area (Å²) >= 11 is 0. The minimum Gasteiger partial charge on any atom is -0.440 e. The number of nitrogens with zero attached hydrogens (tertiary/aromatic N) is 4. The lowest BCUT2D eigenvalue weighted by atomic mass is 9.98. The molecule has 1 aromatic carbocycles. The number of nitrogens with one attached hydrogen (secondary N) is 1. The third-order valence-electron chi connectivity index (χ3n) is 2.78.